The molecule has 0 radical (unpaired) electrons. The van der Waals surface area contributed by atoms with Crippen LogP contribution in [0.3, 0.4) is 0 Å². The zero-order chi connectivity index (χ0) is 12.5. The van der Waals surface area contributed by atoms with Crippen molar-refractivity contribution in [2.75, 3.05) is 17.8 Å². The molecule has 0 saturated carbocycles. The molecule has 2 N–H and O–H groups in total. The van der Waals surface area contributed by atoms with Gasteiger partial charge < -0.3 is 5.32 Å². The zero-order valence-corrected chi connectivity index (χ0v) is 10.5. The van der Waals surface area contributed by atoms with E-state index in [4.69, 9.17) is 11.6 Å². The molecule has 4 nitrogen and oxygen atoms in total. The number of hydrogen-bond acceptors (Lipinski definition) is 3. The highest BCUT2D eigenvalue weighted by Crippen LogP contribution is 2.24. The average Bonchev–Trinajstić information content (AvgIpc) is 2.78. The van der Waals surface area contributed by atoms with Gasteiger partial charge in [0, 0.05) is 6.54 Å². The summed E-state index contributed by atoms with van der Waals surface area (Å²) in [6.07, 6.45) is 0.525. The molecule has 0 spiro atoms. The number of halogens is 2. The van der Waals surface area contributed by atoms with E-state index in [9.17, 15) is 12.8 Å². The molecule has 1 heterocycles. The summed E-state index contributed by atoms with van der Waals surface area (Å²) >= 11 is 5.58. The van der Waals surface area contributed by atoms with Crippen LogP contribution in [0.5, 0.6) is 0 Å². The first-order valence-corrected chi connectivity index (χ1v) is 7.09. The Morgan fingerprint density at radius 2 is 2.24 bits per heavy atom. The molecule has 1 unspecified atom stereocenters. The lowest BCUT2D eigenvalue weighted by molar-refractivity contribution is 0.586. The topological polar surface area (TPSA) is 58.2 Å². The van der Waals surface area contributed by atoms with Gasteiger partial charge in [0.1, 0.15) is 0 Å². The molecule has 17 heavy (non-hydrogen) atoms. The maximum Gasteiger partial charge on any atom is 0.237 e. The van der Waals surface area contributed by atoms with Crippen molar-refractivity contribution in [3.63, 3.8) is 0 Å². The van der Waals surface area contributed by atoms with E-state index in [2.05, 4.69) is 10.0 Å². The molecule has 0 amide bonds. The van der Waals surface area contributed by atoms with Crippen molar-refractivity contribution in [3.8, 4) is 0 Å². The molecule has 7 heteroatoms. The van der Waals surface area contributed by atoms with E-state index in [-0.39, 0.29) is 10.7 Å². The highest BCUT2D eigenvalue weighted by Gasteiger charge is 2.29. The lowest BCUT2D eigenvalue weighted by Crippen LogP contribution is -2.30. The molecule has 1 atom stereocenters. The Kier molecular flexibility index (Phi) is 3.56. The van der Waals surface area contributed by atoms with Gasteiger partial charge in [-0.15, -0.1) is 0 Å². The van der Waals surface area contributed by atoms with E-state index < -0.39 is 21.1 Å². The third-order valence-corrected chi connectivity index (χ3v) is 4.73. The van der Waals surface area contributed by atoms with Crippen LogP contribution in [0, 0.1) is 5.82 Å². The Morgan fingerprint density at radius 3 is 2.88 bits per heavy atom. The van der Waals surface area contributed by atoms with Crippen LogP contribution in [0.4, 0.5) is 10.1 Å². The van der Waals surface area contributed by atoms with E-state index in [1.807, 2.05) is 0 Å². The molecule has 0 aliphatic carbocycles. The van der Waals surface area contributed by atoms with Crippen LogP contribution in [0.25, 0.3) is 0 Å². The Hall–Kier alpha value is -0.850. The first kappa shape index (κ1) is 12.6. The van der Waals surface area contributed by atoms with Gasteiger partial charge >= 0.3 is 0 Å². The number of hydrogen-bond donors (Lipinski definition) is 2. The van der Waals surface area contributed by atoms with Crippen LogP contribution < -0.4 is 10.0 Å². The monoisotopic (exact) mass is 278 g/mol. The normalized spacial score (nSPS) is 20.5. The van der Waals surface area contributed by atoms with Crippen molar-refractivity contribution in [1.82, 2.24) is 5.32 Å². The second-order valence-electron chi connectivity index (χ2n) is 3.86. The second-order valence-corrected chi connectivity index (χ2v) is 6.23. The number of sulfonamides is 1. The maximum absolute atomic E-state index is 13.5. The Labute approximate surface area is 104 Å². The summed E-state index contributed by atoms with van der Waals surface area (Å²) in [6, 6.07) is 4.21. The van der Waals surface area contributed by atoms with Crippen LogP contribution in [0.1, 0.15) is 6.42 Å². The minimum Gasteiger partial charge on any atom is -0.315 e. The third kappa shape index (κ3) is 2.70. The van der Waals surface area contributed by atoms with Crippen LogP contribution in [-0.4, -0.2) is 26.8 Å². The molecule has 0 bridgehead atoms. The maximum atomic E-state index is 13.5. The molecule has 94 valence electrons. The van der Waals surface area contributed by atoms with Gasteiger partial charge in [-0.2, -0.15) is 0 Å². The highest BCUT2D eigenvalue weighted by atomic mass is 35.5. The van der Waals surface area contributed by atoms with E-state index in [0.29, 0.717) is 19.5 Å². The average molecular weight is 279 g/mol. The Balaban J connectivity index is 2.23. The fourth-order valence-corrected chi connectivity index (χ4v) is 3.28. The van der Waals surface area contributed by atoms with E-state index >= 15 is 0 Å². The Bertz CT molecular complexity index is 515. The molecule has 2 rings (SSSR count). The summed E-state index contributed by atoms with van der Waals surface area (Å²) in [5, 5.41) is 2.32. The fraction of sp³-hybridized carbons (Fsp3) is 0.400. The Morgan fingerprint density at radius 1 is 1.47 bits per heavy atom. The number of nitrogens with one attached hydrogen (secondary N) is 2. The van der Waals surface area contributed by atoms with Gasteiger partial charge in [-0.3, -0.25) is 4.72 Å². The molecule has 1 aliphatic heterocycles. The van der Waals surface area contributed by atoms with Crippen molar-refractivity contribution < 1.29 is 12.8 Å². The summed E-state index contributed by atoms with van der Waals surface area (Å²) in [7, 11) is -3.56. The minimum absolute atomic E-state index is 0.102. The van der Waals surface area contributed by atoms with Crippen LogP contribution >= 0.6 is 11.6 Å². The largest absolute Gasteiger partial charge is 0.315 e. The van der Waals surface area contributed by atoms with Crippen molar-refractivity contribution in [3.05, 3.63) is 29.0 Å². The molecule has 1 aromatic rings. The summed E-state index contributed by atoms with van der Waals surface area (Å²) in [4.78, 5) is 0. The van der Waals surface area contributed by atoms with E-state index in [1.165, 1.54) is 18.2 Å². The molecular weight excluding hydrogens is 267 g/mol. The SMILES string of the molecule is O=S(=O)(Nc1cccc(Cl)c1F)C1CCNC1. The third-order valence-electron chi connectivity index (χ3n) is 2.66. The fourth-order valence-electron chi connectivity index (χ4n) is 1.71. The minimum atomic E-state index is -3.56. The number of benzene rings is 1. The van der Waals surface area contributed by atoms with Crippen LogP contribution in [0.15, 0.2) is 18.2 Å². The summed E-state index contributed by atoms with van der Waals surface area (Å²) in [5.74, 6) is -0.747. The van der Waals surface area contributed by atoms with Crippen LogP contribution in [0.2, 0.25) is 5.02 Å². The van der Waals surface area contributed by atoms with Crippen molar-refractivity contribution >= 4 is 27.3 Å². The van der Waals surface area contributed by atoms with Gasteiger partial charge in [0.2, 0.25) is 10.0 Å². The predicted octanol–water partition coefficient (Wildman–Crippen LogP) is 1.58. The van der Waals surface area contributed by atoms with Crippen molar-refractivity contribution in [2.24, 2.45) is 0 Å². The smallest absolute Gasteiger partial charge is 0.237 e. The molecule has 1 aliphatic rings. The van der Waals surface area contributed by atoms with Gasteiger partial charge in [0.05, 0.1) is 16.0 Å². The molecule has 0 aromatic heterocycles. The zero-order valence-electron chi connectivity index (χ0n) is 8.91. The number of rotatable bonds is 3. The predicted molar refractivity (Wildman–Crippen MR) is 65.2 cm³/mol. The summed E-state index contributed by atoms with van der Waals surface area (Å²) < 4.78 is 39.6. The lowest BCUT2D eigenvalue weighted by atomic mass is 10.3. The summed E-state index contributed by atoms with van der Waals surface area (Å²) in [6.45, 7) is 1.04. The molecule has 1 saturated heterocycles. The molecular formula is C10H12ClFN2O2S. The standard InChI is InChI=1S/C10H12ClFN2O2S/c11-8-2-1-3-9(10(8)12)14-17(15,16)7-4-5-13-6-7/h1-3,7,13-14H,4-6H2. The van der Waals surface area contributed by atoms with Crippen LogP contribution in [-0.2, 0) is 10.0 Å². The van der Waals surface area contributed by atoms with Gasteiger partial charge in [-0.1, -0.05) is 17.7 Å². The first-order valence-electron chi connectivity index (χ1n) is 5.17. The van der Waals surface area contributed by atoms with Gasteiger partial charge in [-0.05, 0) is 25.1 Å². The first-order chi connectivity index (χ1) is 8.00. The highest BCUT2D eigenvalue weighted by molar-refractivity contribution is 7.93. The van der Waals surface area contributed by atoms with Crippen molar-refractivity contribution in [2.45, 2.75) is 11.7 Å². The van der Waals surface area contributed by atoms with Crippen molar-refractivity contribution in [1.29, 1.82) is 0 Å². The number of anilines is 1. The van der Waals surface area contributed by atoms with Gasteiger partial charge in [0.15, 0.2) is 5.82 Å². The molecule has 1 aromatic carbocycles. The quantitative estimate of drug-likeness (QED) is 0.883. The van der Waals surface area contributed by atoms with Gasteiger partial charge in [-0.25, -0.2) is 12.8 Å². The van der Waals surface area contributed by atoms with Gasteiger partial charge in [0.25, 0.3) is 0 Å². The lowest BCUT2D eigenvalue weighted by Gasteiger charge is -2.13. The van der Waals surface area contributed by atoms with E-state index in [1.54, 1.807) is 0 Å². The molecule has 1 fully saturated rings. The van der Waals surface area contributed by atoms with E-state index in [0.717, 1.165) is 0 Å². The second kappa shape index (κ2) is 4.80. The summed E-state index contributed by atoms with van der Waals surface area (Å²) in [5.41, 5.74) is -0.107.